The van der Waals surface area contributed by atoms with Gasteiger partial charge in [0.15, 0.2) is 22.4 Å². The van der Waals surface area contributed by atoms with Gasteiger partial charge in [-0.25, -0.2) is 0 Å². The second kappa shape index (κ2) is 8.90. The summed E-state index contributed by atoms with van der Waals surface area (Å²) in [6.45, 7) is 0. The number of ketones is 1. The second-order valence-corrected chi connectivity index (χ2v) is 7.44. The molecule has 28 heavy (non-hydrogen) atoms. The maximum atomic E-state index is 12.3. The summed E-state index contributed by atoms with van der Waals surface area (Å²) in [6, 6.07) is 11.3. The first-order chi connectivity index (χ1) is 13.5. The summed E-state index contributed by atoms with van der Waals surface area (Å²) in [6.07, 6.45) is 1.52. The molecular weight excluding hydrogens is 402 g/mol. The van der Waals surface area contributed by atoms with Crippen LogP contribution < -0.4 is 10.1 Å². The van der Waals surface area contributed by atoms with Crippen LogP contribution in [0, 0.1) is 0 Å². The quantitative estimate of drug-likeness (QED) is 0.427. The smallest absolute Gasteiger partial charge is 0.240 e. The number of Topliss-reactive ketones (excluding diaryl/α,β-unsaturated/α-hetero) is 1. The first-order valence-electron chi connectivity index (χ1n) is 8.20. The highest BCUT2D eigenvalue weighted by Gasteiger charge is 2.32. The Morgan fingerprint density at radius 3 is 2.79 bits per heavy atom. The average Bonchev–Trinajstić information content (AvgIpc) is 3.02. The van der Waals surface area contributed by atoms with Crippen LogP contribution in [0.15, 0.2) is 52.7 Å². The molecule has 2 aromatic carbocycles. The largest absolute Gasteiger partial charge is 0.504 e. The van der Waals surface area contributed by atoms with Crippen molar-refractivity contribution in [3.63, 3.8) is 0 Å². The molecular formula is C19H16ClN3O4S. The van der Waals surface area contributed by atoms with E-state index in [0.717, 1.165) is 11.8 Å². The van der Waals surface area contributed by atoms with Crippen LogP contribution in [0.3, 0.4) is 0 Å². The molecule has 0 bridgehead atoms. The highest BCUT2D eigenvalue weighted by molar-refractivity contribution is 8.15. The summed E-state index contributed by atoms with van der Waals surface area (Å²) >= 11 is 6.97. The number of phenolic OH excluding ortho intramolecular Hbond substituents is 1. The molecule has 2 N–H and O–H groups in total. The lowest BCUT2D eigenvalue weighted by molar-refractivity contribution is -0.118. The number of nitrogens with one attached hydrogen (secondary N) is 1. The van der Waals surface area contributed by atoms with Crippen LogP contribution in [-0.2, 0) is 4.79 Å². The van der Waals surface area contributed by atoms with Crippen LogP contribution in [0.1, 0.15) is 22.3 Å². The van der Waals surface area contributed by atoms with Crippen molar-refractivity contribution in [2.45, 2.75) is 11.7 Å². The topological polar surface area (TPSA) is 100 Å². The van der Waals surface area contributed by atoms with Gasteiger partial charge in [0.1, 0.15) is 0 Å². The van der Waals surface area contributed by atoms with Gasteiger partial charge in [-0.1, -0.05) is 23.4 Å². The van der Waals surface area contributed by atoms with Gasteiger partial charge in [-0.3, -0.25) is 9.59 Å². The van der Waals surface area contributed by atoms with Gasteiger partial charge >= 0.3 is 0 Å². The van der Waals surface area contributed by atoms with Gasteiger partial charge in [-0.15, -0.1) is 5.10 Å². The standard InChI is InChI=1S/C19H16ClN3O4S/c1-27-16-8-11(2-7-14(16)24)10-21-23-19-22-18(26)17(28-19)9-15(25)12-3-5-13(20)6-4-12/h2-8,10,17,24H,9H2,1H3,(H,22,23,26). The Labute approximate surface area is 170 Å². The van der Waals surface area contributed by atoms with Crippen molar-refractivity contribution >= 4 is 46.4 Å². The zero-order chi connectivity index (χ0) is 20.1. The summed E-state index contributed by atoms with van der Waals surface area (Å²) in [5.41, 5.74) is 1.17. The Hall–Kier alpha value is -2.84. The van der Waals surface area contributed by atoms with Crippen LogP contribution in [0.2, 0.25) is 5.02 Å². The van der Waals surface area contributed by atoms with Crippen molar-refractivity contribution in [3.05, 3.63) is 58.6 Å². The number of benzene rings is 2. The summed E-state index contributed by atoms with van der Waals surface area (Å²) < 4.78 is 5.03. The zero-order valence-corrected chi connectivity index (χ0v) is 16.3. The van der Waals surface area contributed by atoms with Crippen molar-refractivity contribution in [1.29, 1.82) is 0 Å². The number of halogens is 1. The molecule has 144 valence electrons. The Morgan fingerprint density at radius 2 is 2.07 bits per heavy atom. The number of nitrogens with zero attached hydrogens (tertiary/aromatic N) is 2. The van der Waals surface area contributed by atoms with Crippen molar-refractivity contribution in [2.24, 2.45) is 10.2 Å². The predicted molar refractivity (Wildman–Crippen MR) is 110 cm³/mol. The number of hydrogen-bond acceptors (Lipinski definition) is 7. The molecule has 0 radical (unpaired) electrons. The fraction of sp³-hybridized carbons (Fsp3) is 0.158. The normalized spacial score (nSPS) is 17.9. The molecule has 0 aromatic heterocycles. The van der Waals surface area contributed by atoms with Crippen molar-refractivity contribution in [3.8, 4) is 11.5 Å². The first-order valence-corrected chi connectivity index (χ1v) is 9.46. The number of carbonyl (C=O) groups excluding carboxylic acids is 2. The van der Waals surface area contributed by atoms with Crippen LogP contribution in [-0.4, -0.2) is 40.5 Å². The predicted octanol–water partition coefficient (Wildman–Crippen LogP) is 3.25. The van der Waals surface area contributed by atoms with Gasteiger partial charge in [0.05, 0.1) is 18.6 Å². The molecule has 1 aliphatic rings. The Balaban J connectivity index is 1.62. The molecule has 1 aliphatic heterocycles. The number of hydrogen-bond donors (Lipinski definition) is 2. The van der Waals surface area contributed by atoms with Gasteiger partial charge in [0.25, 0.3) is 0 Å². The Morgan fingerprint density at radius 1 is 1.32 bits per heavy atom. The highest BCUT2D eigenvalue weighted by Crippen LogP contribution is 2.26. The summed E-state index contributed by atoms with van der Waals surface area (Å²) in [5.74, 6) is -0.0866. The van der Waals surface area contributed by atoms with E-state index in [1.54, 1.807) is 36.4 Å². The number of amidine groups is 1. The SMILES string of the molecule is COc1cc(C=NN=C2NC(=O)C(CC(=O)c3ccc(Cl)cc3)S2)ccc1O. The van der Waals surface area contributed by atoms with E-state index >= 15 is 0 Å². The van der Waals surface area contributed by atoms with Crippen molar-refractivity contribution in [1.82, 2.24) is 5.32 Å². The number of rotatable bonds is 6. The Kier molecular flexibility index (Phi) is 6.33. The van der Waals surface area contributed by atoms with Crippen molar-refractivity contribution in [2.75, 3.05) is 7.11 Å². The molecule has 1 saturated heterocycles. The summed E-state index contributed by atoms with van der Waals surface area (Å²) in [5, 5.41) is 20.4. The molecule has 3 rings (SSSR count). The van der Waals surface area contributed by atoms with Crippen LogP contribution >= 0.6 is 23.4 Å². The van der Waals surface area contributed by atoms with Gasteiger partial charge in [0, 0.05) is 17.0 Å². The number of amides is 1. The third kappa shape index (κ3) is 4.90. The third-order valence-electron chi connectivity index (χ3n) is 3.87. The lowest BCUT2D eigenvalue weighted by Gasteiger charge is -2.04. The van der Waals surface area contributed by atoms with Crippen LogP contribution in [0.5, 0.6) is 11.5 Å². The molecule has 0 saturated carbocycles. The monoisotopic (exact) mass is 417 g/mol. The van der Waals surface area contributed by atoms with Gasteiger partial charge in [-0.2, -0.15) is 5.10 Å². The van der Waals surface area contributed by atoms with Gasteiger partial charge in [-0.05, 0) is 48.0 Å². The van der Waals surface area contributed by atoms with E-state index in [4.69, 9.17) is 16.3 Å². The second-order valence-electron chi connectivity index (χ2n) is 5.81. The molecule has 1 amide bonds. The van der Waals surface area contributed by atoms with Crippen molar-refractivity contribution < 1.29 is 19.4 Å². The third-order valence-corrected chi connectivity index (χ3v) is 5.20. The molecule has 7 nitrogen and oxygen atoms in total. The minimum absolute atomic E-state index is 0.0257. The zero-order valence-electron chi connectivity index (χ0n) is 14.8. The fourth-order valence-electron chi connectivity index (χ4n) is 2.43. The fourth-order valence-corrected chi connectivity index (χ4v) is 3.48. The lowest BCUT2D eigenvalue weighted by atomic mass is 10.1. The van der Waals surface area contributed by atoms with E-state index < -0.39 is 5.25 Å². The van der Waals surface area contributed by atoms with E-state index in [2.05, 4.69) is 15.5 Å². The maximum absolute atomic E-state index is 12.3. The molecule has 1 unspecified atom stereocenters. The molecule has 0 aliphatic carbocycles. The number of aromatic hydroxyl groups is 1. The van der Waals surface area contributed by atoms with Gasteiger partial charge < -0.3 is 15.2 Å². The molecule has 9 heteroatoms. The number of carbonyl (C=O) groups is 2. The van der Waals surface area contributed by atoms with Gasteiger partial charge in [0.2, 0.25) is 5.91 Å². The minimum Gasteiger partial charge on any atom is -0.504 e. The van der Waals surface area contributed by atoms with E-state index in [9.17, 15) is 14.7 Å². The van der Waals surface area contributed by atoms with E-state index in [1.165, 1.54) is 19.4 Å². The molecule has 2 aromatic rings. The molecule has 1 heterocycles. The minimum atomic E-state index is -0.564. The van der Waals surface area contributed by atoms with E-state index in [1.807, 2.05) is 0 Å². The average molecular weight is 418 g/mol. The number of thioether (sulfide) groups is 1. The van der Waals surface area contributed by atoms with Crippen LogP contribution in [0.4, 0.5) is 0 Å². The number of phenols is 1. The molecule has 0 spiro atoms. The van der Waals surface area contributed by atoms with E-state index in [-0.39, 0.29) is 23.9 Å². The highest BCUT2D eigenvalue weighted by atomic mass is 35.5. The molecule has 1 fully saturated rings. The molecule has 1 atom stereocenters. The van der Waals surface area contributed by atoms with E-state index in [0.29, 0.717) is 27.1 Å². The van der Waals surface area contributed by atoms with Crippen LogP contribution in [0.25, 0.3) is 0 Å². The number of ether oxygens (including phenoxy) is 1. The lowest BCUT2D eigenvalue weighted by Crippen LogP contribution is -2.26. The Bertz CT molecular complexity index is 960. The maximum Gasteiger partial charge on any atom is 0.240 e. The summed E-state index contributed by atoms with van der Waals surface area (Å²) in [7, 11) is 1.45. The number of methoxy groups -OCH3 is 1. The first kappa shape index (κ1) is 19.9. The summed E-state index contributed by atoms with van der Waals surface area (Å²) in [4.78, 5) is 24.4.